The average molecular weight is 566 g/mol. The van der Waals surface area contributed by atoms with Crippen LogP contribution in [0.15, 0.2) is 77.7 Å². The first kappa shape index (κ1) is 28.6. The molecule has 1 fully saturated rings. The van der Waals surface area contributed by atoms with Gasteiger partial charge >= 0.3 is 0 Å². The Morgan fingerprint density at radius 3 is 2.36 bits per heavy atom. The molecule has 0 saturated carbocycles. The number of hydrogen-bond acceptors (Lipinski definition) is 5. The van der Waals surface area contributed by atoms with Gasteiger partial charge in [-0.05, 0) is 48.9 Å². The zero-order valence-corrected chi connectivity index (χ0v) is 23.4. The quantitative estimate of drug-likeness (QED) is 0.314. The van der Waals surface area contributed by atoms with Crippen LogP contribution < -0.4 is 21.0 Å². The summed E-state index contributed by atoms with van der Waals surface area (Å²) < 4.78 is 17.3. The largest absolute Gasteiger partial charge is 0.367 e. The van der Waals surface area contributed by atoms with Crippen molar-refractivity contribution in [1.82, 2.24) is 14.8 Å². The summed E-state index contributed by atoms with van der Waals surface area (Å²) in [5.41, 5.74) is 2.42. The summed E-state index contributed by atoms with van der Waals surface area (Å²) >= 11 is 0. The molecule has 2 N–H and O–H groups in total. The molecule has 3 aromatic carbocycles. The number of halogens is 1. The lowest BCUT2D eigenvalue weighted by atomic mass is 10.1. The highest BCUT2D eigenvalue weighted by molar-refractivity contribution is 6.06. The SMILES string of the molecule is C#CCNC(=O)c1ccc(NC(=O)c2cn(CC)c3cc(N4CCN(Cc5ccccc5)CC4)c(F)cc3c2=O)cc1. The second-order valence-corrected chi connectivity index (χ2v) is 10.1. The van der Waals surface area contributed by atoms with Gasteiger partial charge in [-0.1, -0.05) is 36.3 Å². The first-order chi connectivity index (χ1) is 20.4. The number of benzene rings is 3. The molecule has 0 spiro atoms. The number of aromatic nitrogens is 1. The molecule has 1 aliphatic heterocycles. The van der Waals surface area contributed by atoms with Crippen LogP contribution >= 0.6 is 0 Å². The molecule has 2 heterocycles. The Morgan fingerprint density at radius 2 is 1.69 bits per heavy atom. The first-order valence-corrected chi connectivity index (χ1v) is 13.9. The van der Waals surface area contributed by atoms with Crippen molar-refractivity contribution in [3.8, 4) is 12.3 Å². The maximum Gasteiger partial charge on any atom is 0.261 e. The minimum Gasteiger partial charge on any atom is -0.367 e. The van der Waals surface area contributed by atoms with Crippen molar-refractivity contribution in [3.05, 3.63) is 106 Å². The highest BCUT2D eigenvalue weighted by atomic mass is 19.1. The summed E-state index contributed by atoms with van der Waals surface area (Å²) in [5.74, 6) is 0.895. The number of nitrogens with one attached hydrogen (secondary N) is 2. The number of hydrogen-bond donors (Lipinski definition) is 2. The van der Waals surface area contributed by atoms with Gasteiger partial charge in [0.2, 0.25) is 5.43 Å². The molecule has 1 aliphatic rings. The van der Waals surface area contributed by atoms with Gasteiger partial charge in [0.1, 0.15) is 11.4 Å². The van der Waals surface area contributed by atoms with Crippen LogP contribution in [0, 0.1) is 18.2 Å². The van der Waals surface area contributed by atoms with Gasteiger partial charge < -0.3 is 20.1 Å². The highest BCUT2D eigenvalue weighted by Gasteiger charge is 2.23. The van der Waals surface area contributed by atoms with Crippen molar-refractivity contribution >= 4 is 34.1 Å². The molecule has 214 valence electrons. The Hall–Kier alpha value is -4.94. The smallest absolute Gasteiger partial charge is 0.261 e. The molecule has 0 unspecified atom stereocenters. The Balaban J connectivity index is 1.34. The van der Waals surface area contributed by atoms with E-state index in [1.807, 2.05) is 30.0 Å². The van der Waals surface area contributed by atoms with Gasteiger partial charge in [0.15, 0.2) is 0 Å². The molecule has 0 radical (unpaired) electrons. The number of nitrogens with zero attached hydrogens (tertiary/aromatic N) is 3. The van der Waals surface area contributed by atoms with Gasteiger partial charge in [-0.2, -0.15) is 0 Å². The number of pyridine rings is 1. The van der Waals surface area contributed by atoms with E-state index in [1.165, 1.54) is 17.8 Å². The van der Waals surface area contributed by atoms with Crippen LogP contribution in [0.3, 0.4) is 0 Å². The fraction of sp³-hybridized carbons (Fsp3) is 0.242. The zero-order valence-electron chi connectivity index (χ0n) is 23.4. The predicted molar refractivity (Wildman–Crippen MR) is 163 cm³/mol. The van der Waals surface area contributed by atoms with Crippen LogP contribution in [0.5, 0.6) is 0 Å². The lowest BCUT2D eigenvalue weighted by molar-refractivity contribution is 0.0958. The maximum atomic E-state index is 15.5. The first-order valence-electron chi connectivity index (χ1n) is 13.9. The summed E-state index contributed by atoms with van der Waals surface area (Å²) in [6, 6.07) is 19.4. The Bertz CT molecular complexity index is 1700. The third-order valence-electron chi connectivity index (χ3n) is 7.45. The van der Waals surface area contributed by atoms with Crippen molar-refractivity contribution in [2.24, 2.45) is 0 Å². The summed E-state index contributed by atoms with van der Waals surface area (Å²) in [7, 11) is 0. The van der Waals surface area contributed by atoms with Crippen LogP contribution in [0.4, 0.5) is 15.8 Å². The van der Waals surface area contributed by atoms with Gasteiger partial charge in [0.05, 0.1) is 17.7 Å². The summed E-state index contributed by atoms with van der Waals surface area (Å²) in [6.07, 6.45) is 6.68. The molecule has 0 aliphatic carbocycles. The van der Waals surface area contributed by atoms with Crippen molar-refractivity contribution < 1.29 is 14.0 Å². The average Bonchev–Trinajstić information content (AvgIpc) is 3.01. The van der Waals surface area contributed by atoms with Crippen LogP contribution in [-0.2, 0) is 13.1 Å². The van der Waals surface area contributed by atoms with E-state index in [0.29, 0.717) is 42.1 Å². The third kappa shape index (κ3) is 6.19. The van der Waals surface area contributed by atoms with E-state index in [9.17, 15) is 14.4 Å². The molecular formula is C33H32FN5O3. The van der Waals surface area contributed by atoms with E-state index < -0.39 is 17.2 Å². The highest BCUT2D eigenvalue weighted by Crippen LogP contribution is 2.27. The Kier molecular flexibility index (Phi) is 8.65. The second-order valence-electron chi connectivity index (χ2n) is 10.1. The van der Waals surface area contributed by atoms with E-state index in [-0.39, 0.29) is 23.4 Å². The standard InChI is InChI=1S/C33H32FN5O3/c1-3-14-35-32(41)24-10-12-25(13-11-24)36-33(42)27-22-38(4-2)29-20-30(28(34)19-26(29)31(27)40)39-17-15-37(16-18-39)21-23-8-6-5-7-9-23/h1,5-13,19-20,22H,4,14-18,21H2,2H3,(H,35,41)(H,36,42). The molecule has 0 atom stereocenters. The predicted octanol–water partition coefficient (Wildman–Crippen LogP) is 4.10. The number of amides is 2. The zero-order chi connectivity index (χ0) is 29.6. The summed E-state index contributed by atoms with van der Waals surface area (Å²) in [5, 5.41) is 5.42. The van der Waals surface area contributed by atoms with Crippen LogP contribution in [0.1, 0.15) is 33.2 Å². The molecule has 1 aromatic heterocycles. The number of anilines is 2. The minimum atomic E-state index is -0.618. The van der Waals surface area contributed by atoms with E-state index in [1.54, 1.807) is 34.9 Å². The molecule has 1 saturated heterocycles. The van der Waals surface area contributed by atoms with Crippen molar-refractivity contribution in [3.63, 3.8) is 0 Å². The van der Waals surface area contributed by atoms with E-state index in [2.05, 4.69) is 33.6 Å². The van der Waals surface area contributed by atoms with E-state index in [4.69, 9.17) is 6.42 Å². The molecular weight excluding hydrogens is 533 g/mol. The van der Waals surface area contributed by atoms with Crippen molar-refractivity contribution in [2.45, 2.75) is 20.0 Å². The normalized spacial score (nSPS) is 13.5. The number of terminal acetylenes is 1. The molecule has 5 rings (SSSR count). The fourth-order valence-electron chi connectivity index (χ4n) is 5.19. The van der Waals surface area contributed by atoms with Crippen molar-refractivity contribution in [1.29, 1.82) is 0 Å². The van der Waals surface area contributed by atoms with E-state index >= 15 is 4.39 Å². The van der Waals surface area contributed by atoms with Gasteiger partial charge in [0, 0.05) is 62.1 Å². The lowest BCUT2D eigenvalue weighted by Crippen LogP contribution is -2.46. The third-order valence-corrected chi connectivity index (χ3v) is 7.45. The summed E-state index contributed by atoms with van der Waals surface area (Å²) in [6.45, 7) is 6.26. The number of aryl methyl sites for hydroxylation is 1. The number of piperazine rings is 1. The van der Waals surface area contributed by atoms with Crippen LogP contribution in [0.25, 0.3) is 10.9 Å². The second kappa shape index (κ2) is 12.7. The van der Waals surface area contributed by atoms with Gasteiger partial charge in [-0.25, -0.2) is 4.39 Å². The van der Waals surface area contributed by atoms with E-state index in [0.717, 1.165) is 19.6 Å². The minimum absolute atomic E-state index is 0.0955. The van der Waals surface area contributed by atoms with Crippen molar-refractivity contribution in [2.75, 3.05) is 42.9 Å². The monoisotopic (exact) mass is 565 g/mol. The molecule has 4 aromatic rings. The Morgan fingerprint density at radius 1 is 0.976 bits per heavy atom. The number of carbonyl (C=O) groups is 2. The Labute approximate surface area is 243 Å². The number of carbonyl (C=O) groups excluding carboxylic acids is 2. The molecule has 2 amide bonds. The van der Waals surface area contributed by atoms with Gasteiger partial charge in [-0.15, -0.1) is 6.42 Å². The van der Waals surface area contributed by atoms with Gasteiger partial charge in [-0.3, -0.25) is 19.3 Å². The molecule has 0 bridgehead atoms. The van der Waals surface area contributed by atoms with Crippen LogP contribution in [-0.4, -0.2) is 54.0 Å². The lowest BCUT2D eigenvalue weighted by Gasteiger charge is -2.36. The molecule has 42 heavy (non-hydrogen) atoms. The number of rotatable bonds is 8. The summed E-state index contributed by atoms with van der Waals surface area (Å²) in [4.78, 5) is 43.0. The molecule has 9 heteroatoms. The number of fused-ring (bicyclic) bond motifs is 1. The topological polar surface area (TPSA) is 86.7 Å². The van der Waals surface area contributed by atoms with Gasteiger partial charge in [0.25, 0.3) is 11.8 Å². The maximum absolute atomic E-state index is 15.5. The molecule has 8 nitrogen and oxygen atoms in total. The van der Waals surface area contributed by atoms with Crippen LogP contribution in [0.2, 0.25) is 0 Å². The fourth-order valence-corrected chi connectivity index (χ4v) is 5.19.